The molecule has 0 radical (unpaired) electrons. The van der Waals surface area contributed by atoms with E-state index in [9.17, 15) is 14.9 Å². The molecule has 1 aromatic heterocycles. The quantitative estimate of drug-likeness (QED) is 0.356. The molecule has 1 fully saturated rings. The molecule has 2 heterocycles. The first-order valence-electron chi connectivity index (χ1n) is 10.8. The number of carbonyl (C=O) groups is 1. The van der Waals surface area contributed by atoms with Gasteiger partial charge in [-0.05, 0) is 55.6 Å². The molecule has 3 aromatic rings. The number of benzene rings is 2. The Balaban J connectivity index is 1.48. The Labute approximate surface area is 197 Å². The van der Waals surface area contributed by atoms with Crippen LogP contribution in [0.2, 0.25) is 0 Å². The highest BCUT2D eigenvalue weighted by Gasteiger charge is 2.18. The van der Waals surface area contributed by atoms with Gasteiger partial charge in [0.05, 0.1) is 4.92 Å². The summed E-state index contributed by atoms with van der Waals surface area (Å²) in [6.45, 7) is 5.45. The molecule has 0 spiro atoms. The third-order valence-electron chi connectivity index (χ3n) is 5.43. The zero-order chi connectivity index (χ0) is 24.1. The van der Waals surface area contributed by atoms with E-state index in [-0.39, 0.29) is 23.4 Å². The highest BCUT2D eigenvalue weighted by atomic mass is 16.6. The van der Waals surface area contributed by atoms with E-state index in [1.54, 1.807) is 24.3 Å². The fraction of sp³-hybridized carbons (Fsp3) is 0.261. The maximum absolute atomic E-state index is 11.5. The summed E-state index contributed by atoms with van der Waals surface area (Å²) < 4.78 is 0. The number of hydrogen-bond donors (Lipinski definition) is 3. The number of hydrogen-bond acceptors (Lipinski definition) is 9. The van der Waals surface area contributed by atoms with Gasteiger partial charge in [-0.3, -0.25) is 14.9 Å². The van der Waals surface area contributed by atoms with E-state index in [0.717, 1.165) is 37.6 Å². The Morgan fingerprint density at radius 3 is 2.15 bits per heavy atom. The Bertz CT molecular complexity index is 1160. The molecule has 11 heteroatoms. The number of nitro groups is 1. The zero-order valence-corrected chi connectivity index (χ0v) is 19.0. The van der Waals surface area contributed by atoms with Crippen LogP contribution in [0.4, 0.5) is 40.2 Å². The minimum absolute atomic E-state index is 0.0591. The molecular weight excluding hydrogens is 436 g/mol. The van der Waals surface area contributed by atoms with E-state index in [1.807, 2.05) is 24.3 Å². The summed E-state index contributed by atoms with van der Waals surface area (Å²) in [5, 5.41) is 20.2. The van der Waals surface area contributed by atoms with Gasteiger partial charge in [0, 0.05) is 55.9 Å². The molecule has 1 saturated heterocycles. The summed E-state index contributed by atoms with van der Waals surface area (Å²) in [5.74, 6) is 0.110. The van der Waals surface area contributed by atoms with Crippen molar-refractivity contribution in [2.24, 2.45) is 0 Å². The number of anilines is 6. The van der Waals surface area contributed by atoms with Crippen LogP contribution in [0.25, 0.3) is 0 Å². The Hall–Kier alpha value is -4.25. The van der Waals surface area contributed by atoms with Crippen LogP contribution >= 0.6 is 0 Å². The van der Waals surface area contributed by atoms with Crippen LogP contribution in [-0.2, 0) is 4.79 Å². The molecule has 0 unspecified atom stereocenters. The predicted octanol–water partition coefficient (Wildman–Crippen LogP) is 3.58. The lowest BCUT2D eigenvalue weighted by molar-refractivity contribution is -0.384. The van der Waals surface area contributed by atoms with Gasteiger partial charge in [0.15, 0.2) is 0 Å². The van der Waals surface area contributed by atoms with Gasteiger partial charge in [-0.15, -0.1) is 0 Å². The van der Waals surface area contributed by atoms with Crippen molar-refractivity contribution in [2.45, 2.75) is 6.92 Å². The van der Waals surface area contributed by atoms with E-state index in [1.165, 1.54) is 13.1 Å². The summed E-state index contributed by atoms with van der Waals surface area (Å²) >= 11 is 0. The van der Waals surface area contributed by atoms with Crippen molar-refractivity contribution in [1.29, 1.82) is 0 Å². The number of piperazine rings is 1. The molecule has 1 aliphatic rings. The van der Waals surface area contributed by atoms with Crippen molar-refractivity contribution in [2.75, 3.05) is 54.1 Å². The smallest absolute Gasteiger partial charge is 0.329 e. The largest absolute Gasteiger partial charge is 0.369 e. The normalized spacial score (nSPS) is 13.9. The second-order valence-electron chi connectivity index (χ2n) is 8.03. The van der Waals surface area contributed by atoms with Crippen molar-refractivity contribution >= 4 is 46.1 Å². The van der Waals surface area contributed by atoms with Crippen molar-refractivity contribution in [3.8, 4) is 0 Å². The van der Waals surface area contributed by atoms with Gasteiger partial charge < -0.3 is 25.8 Å². The lowest BCUT2D eigenvalue weighted by atomic mass is 10.2. The molecule has 1 aliphatic heterocycles. The van der Waals surface area contributed by atoms with Gasteiger partial charge in [0.1, 0.15) is 6.20 Å². The van der Waals surface area contributed by atoms with Crippen LogP contribution in [0.15, 0.2) is 54.7 Å². The molecule has 1 amide bonds. The number of nitrogens with one attached hydrogen (secondary N) is 3. The Kier molecular flexibility index (Phi) is 6.83. The molecule has 0 atom stereocenters. The molecule has 0 aliphatic carbocycles. The van der Waals surface area contributed by atoms with Crippen LogP contribution < -0.4 is 20.9 Å². The Morgan fingerprint density at radius 1 is 0.941 bits per heavy atom. The fourth-order valence-electron chi connectivity index (χ4n) is 3.59. The first-order chi connectivity index (χ1) is 16.4. The third kappa shape index (κ3) is 5.75. The molecule has 3 N–H and O–H groups in total. The second kappa shape index (κ2) is 10.1. The predicted molar refractivity (Wildman–Crippen MR) is 132 cm³/mol. The van der Waals surface area contributed by atoms with Crippen molar-refractivity contribution < 1.29 is 9.72 Å². The van der Waals surface area contributed by atoms with Gasteiger partial charge in [-0.1, -0.05) is 0 Å². The number of likely N-dealkylation sites (N-methyl/N-ethyl adjacent to an activating group) is 1. The Morgan fingerprint density at radius 2 is 1.53 bits per heavy atom. The van der Waals surface area contributed by atoms with E-state index in [2.05, 4.69) is 42.8 Å². The maximum Gasteiger partial charge on any atom is 0.329 e. The first-order valence-corrected chi connectivity index (χ1v) is 10.8. The van der Waals surface area contributed by atoms with Crippen molar-refractivity contribution in [3.05, 3.63) is 64.8 Å². The van der Waals surface area contributed by atoms with E-state index >= 15 is 0 Å². The average molecular weight is 463 g/mol. The SMILES string of the molecule is CC(=O)Nc1ccc(Nc2nc(Nc3ccc(N4CCN(C)CC4)cc3)ncc2[N+](=O)[O-])cc1. The molecule has 34 heavy (non-hydrogen) atoms. The molecule has 2 aromatic carbocycles. The zero-order valence-electron chi connectivity index (χ0n) is 19.0. The monoisotopic (exact) mass is 462 g/mol. The lowest BCUT2D eigenvalue weighted by Crippen LogP contribution is -2.44. The summed E-state index contributed by atoms with van der Waals surface area (Å²) in [4.78, 5) is 35.2. The maximum atomic E-state index is 11.5. The molecule has 0 saturated carbocycles. The van der Waals surface area contributed by atoms with Crippen LogP contribution in [-0.4, -0.2) is 58.9 Å². The molecule has 4 rings (SSSR count). The minimum atomic E-state index is -0.539. The fourth-order valence-corrected chi connectivity index (χ4v) is 3.59. The van der Waals surface area contributed by atoms with E-state index in [0.29, 0.717) is 11.4 Å². The van der Waals surface area contributed by atoms with Gasteiger partial charge in [-0.2, -0.15) is 4.98 Å². The lowest BCUT2D eigenvalue weighted by Gasteiger charge is -2.34. The first kappa shape index (κ1) is 22.9. The summed E-state index contributed by atoms with van der Waals surface area (Å²) in [6, 6.07) is 14.7. The average Bonchev–Trinajstić information content (AvgIpc) is 2.81. The van der Waals surface area contributed by atoms with Crippen LogP contribution in [0.5, 0.6) is 0 Å². The van der Waals surface area contributed by atoms with Gasteiger partial charge in [-0.25, -0.2) is 4.98 Å². The van der Waals surface area contributed by atoms with E-state index < -0.39 is 4.92 Å². The van der Waals surface area contributed by atoms with Crippen LogP contribution in [0.1, 0.15) is 6.92 Å². The standard InChI is InChI=1S/C23H26N8O3/c1-16(32)25-17-3-5-18(6-4-17)26-22-21(31(33)34)15-24-23(28-22)27-19-7-9-20(10-8-19)30-13-11-29(2)12-14-30/h3-10,15H,11-14H2,1-2H3,(H,25,32)(H2,24,26,27,28). The van der Waals surface area contributed by atoms with E-state index in [4.69, 9.17) is 0 Å². The van der Waals surface area contributed by atoms with Crippen molar-refractivity contribution in [3.63, 3.8) is 0 Å². The van der Waals surface area contributed by atoms with Gasteiger partial charge in [0.2, 0.25) is 17.7 Å². The number of nitrogens with zero attached hydrogens (tertiary/aromatic N) is 5. The molecule has 0 bridgehead atoms. The third-order valence-corrected chi connectivity index (χ3v) is 5.43. The van der Waals surface area contributed by atoms with Crippen molar-refractivity contribution in [1.82, 2.24) is 14.9 Å². The van der Waals surface area contributed by atoms with Gasteiger partial charge in [0.25, 0.3) is 0 Å². The minimum Gasteiger partial charge on any atom is -0.369 e. The summed E-state index contributed by atoms with van der Waals surface area (Å²) in [6.07, 6.45) is 1.17. The molecule has 11 nitrogen and oxygen atoms in total. The number of rotatable bonds is 7. The number of amides is 1. The number of aromatic nitrogens is 2. The molecular formula is C23H26N8O3. The summed E-state index contributed by atoms with van der Waals surface area (Å²) in [7, 11) is 2.12. The highest BCUT2D eigenvalue weighted by molar-refractivity contribution is 5.88. The highest BCUT2D eigenvalue weighted by Crippen LogP contribution is 2.28. The van der Waals surface area contributed by atoms with Gasteiger partial charge >= 0.3 is 5.69 Å². The summed E-state index contributed by atoms with van der Waals surface area (Å²) in [5.41, 5.74) is 2.88. The molecule has 176 valence electrons. The number of carbonyl (C=O) groups excluding carboxylic acids is 1. The topological polar surface area (TPSA) is 129 Å². The van der Waals surface area contributed by atoms with Crippen LogP contribution in [0, 0.1) is 10.1 Å². The second-order valence-corrected chi connectivity index (χ2v) is 8.03. The van der Waals surface area contributed by atoms with Crippen LogP contribution in [0.3, 0.4) is 0 Å².